The second-order valence-electron chi connectivity index (χ2n) is 7.59. The van der Waals surface area contributed by atoms with Gasteiger partial charge in [-0.1, -0.05) is 35.6 Å². The van der Waals surface area contributed by atoms with Crippen LogP contribution in [0.25, 0.3) is 6.08 Å². The zero-order valence-electron chi connectivity index (χ0n) is 18.9. The van der Waals surface area contributed by atoms with E-state index in [9.17, 15) is 24.5 Å². The van der Waals surface area contributed by atoms with Crippen molar-refractivity contribution >= 4 is 35.0 Å². The van der Waals surface area contributed by atoms with E-state index >= 15 is 0 Å². The molecule has 1 atom stereocenters. The third-order valence-electron chi connectivity index (χ3n) is 5.26. The molecule has 0 saturated heterocycles. The molecule has 4 rings (SSSR count). The maximum absolute atomic E-state index is 13.5. The highest BCUT2D eigenvalue weighted by atomic mass is 32.1. The number of hydrogen-bond acceptors (Lipinski definition) is 9. The van der Waals surface area contributed by atoms with Crippen molar-refractivity contribution < 1.29 is 24.0 Å². The highest BCUT2D eigenvalue weighted by Crippen LogP contribution is 2.31. The molecule has 0 unspecified atom stereocenters. The van der Waals surface area contributed by atoms with Crippen LogP contribution in [-0.2, 0) is 14.3 Å². The van der Waals surface area contributed by atoms with Crippen LogP contribution in [0.15, 0.2) is 69.6 Å². The van der Waals surface area contributed by atoms with E-state index in [2.05, 4.69) is 4.99 Å². The second kappa shape index (κ2) is 9.47. The Balaban J connectivity index is 1.90. The summed E-state index contributed by atoms with van der Waals surface area (Å²) in [5, 5.41) is 11.1. The number of methoxy groups -OCH3 is 1. The number of carbonyl (C=O) groups is 2. The van der Waals surface area contributed by atoms with Crippen LogP contribution in [-0.4, -0.2) is 28.5 Å². The molecule has 0 saturated carbocycles. The predicted molar refractivity (Wildman–Crippen MR) is 127 cm³/mol. The van der Waals surface area contributed by atoms with Gasteiger partial charge in [0.25, 0.3) is 11.2 Å². The van der Waals surface area contributed by atoms with Gasteiger partial charge in [-0.05, 0) is 36.3 Å². The van der Waals surface area contributed by atoms with E-state index in [1.54, 1.807) is 43.3 Å². The third-order valence-corrected chi connectivity index (χ3v) is 6.25. The van der Waals surface area contributed by atoms with Gasteiger partial charge in [0.15, 0.2) is 4.80 Å². The Hall–Kier alpha value is -4.38. The smallest absolute Gasteiger partial charge is 0.338 e. The number of fused-ring (bicyclic) bond motifs is 1. The summed E-state index contributed by atoms with van der Waals surface area (Å²) in [7, 11) is 1.25. The number of thiazole rings is 1. The zero-order valence-corrected chi connectivity index (χ0v) is 19.7. The number of hydrogen-bond donors (Lipinski definition) is 0. The number of esters is 2. The largest absolute Gasteiger partial charge is 0.466 e. The maximum Gasteiger partial charge on any atom is 0.338 e. The van der Waals surface area contributed by atoms with E-state index in [4.69, 9.17) is 9.47 Å². The van der Waals surface area contributed by atoms with E-state index in [1.165, 1.54) is 36.8 Å². The summed E-state index contributed by atoms with van der Waals surface area (Å²) in [6.45, 7) is 2.94. The quantitative estimate of drug-likeness (QED) is 0.231. The summed E-state index contributed by atoms with van der Waals surface area (Å²) in [6, 6.07) is 11.5. The Labute approximate surface area is 202 Å². The number of nitrogens with zero attached hydrogens (tertiary/aromatic N) is 3. The van der Waals surface area contributed by atoms with Gasteiger partial charge in [-0.2, -0.15) is 0 Å². The zero-order chi connectivity index (χ0) is 25.3. The molecule has 10 nitrogen and oxygen atoms in total. The Morgan fingerprint density at radius 3 is 2.54 bits per heavy atom. The molecule has 178 valence electrons. The van der Waals surface area contributed by atoms with E-state index in [1.807, 2.05) is 0 Å². The second-order valence-corrected chi connectivity index (χ2v) is 8.60. The van der Waals surface area contributed by atoms with Crippen molar-refractivity contribution in [3.63, 3.8) is 0 Å². The molecule has 3 aromatic rings. The van der Waals surface area contributed by atoms with Crippen molar-refractivity contribution in [1.82, 2.24) is 4.57 Å². The summed E-state index contributed by atoms with van der Waals surface area (Å²) in [5.74, 6) is -0.786. The summed E-state index contributed by atoms with van der Waals surface area (Å²) >= 11 is 1.11. The fourth-order valence-corrected chi connectivity index (χ4v) is 4.82. The molecule has 0 fully saturated rings. The number of nitro benzene ring substituents is 1. The van der Waals surface area contributed by atoms with Gasteiger partial charge in [-0.3, -0.25) is 24.3 Å². The highest BCUT2D eigenvalue weighted by molar-refractivity contribution is 7.07. The van der Waals surface area contributed by atoms with Crippen LogP contribution >= 0.6 is 11.3 Å². The molecule has 1 aliphatic heterocycles. The average Bonchev–Trinajstić information content (AvgIpc) is 3.12. The third kappa shape index (κ3) is 4.66. The molecule has 0 amide bonds. The van der Waals surface area contributed by atoms with Gasteiger partial charge in [0.05, 0.1) is 33.9 Å². The van der Waals surface area contributed by atoms with Crippen molar-refractivity contribution in [2.75, 3.05) is 7.11 Å². The number of rotatable bonds is 5. The number of allylic oxidation sites excluding steroid dienone is 1. The number of nitro groups is 1. The maximum atomic E-state index is 13.5. The highest BCUT2D eigenvalue weighted by Gasteiger charge is 2.33. The van der Waals surface area contributed by atoms with Crippen molar-refractivity contribution in [1.29, 1.82) is 0 Å². The first-order chi connectivity index (χ1) is 16.7. The monoisotopic (exact) mass is 493 g/mol. The Kier molecular flexibility index (Phi) is 6.43. The van der Waals surface area contributed by atoms with Crippen LogP contribution in [0.5, 0.6) is 5.75 Å². The van der Waals surface area contributed by atoms with Gasteiger partial charge in [0.2, 0.25) is 0 Å². The first kappa shape index (κ1) is 23.8. The van der Waals surface area contributed by atoms with Gasteiger partial charge in [0, 0.05) is 19.1 Å². The topological polar surface area (TPSA) is 130 Å². The molecule has 0 aliphatic carbocycles. The van der Waals surface area contributed by atoms with Crippen LogP contribution in [0, 0.1) is 10.1 Å². The SMILES string of the molecule is COC(=O)C1=C(C)N=c2s/c(=C/c3cccc([N+](=O)[O-])c3)c(=O)n2[C@@H]1c1ccc(OC(C)=O)cc1. The molecule has 0 spiro atoms. The Morgan fingerprint density at radius 2 is 1.91 bits per heavy atom. The van der Waals surface area contributed by atoms with Gasteiger partial charge in [0.1, 0.15) is 5.75 Å². The first-order valence-electron chi connectivity index (χ1n) is 10.3. The lowest BCUT2D eigenvalue weighted by molar-refractivity contribution is -0.384. The van der Waals surface area contributed by atoms with E-state index in [-0.39, 0.29) is 11.3 Å². The Morgan fingerprint density at radius 1 is 1.20 bits per heavy atom. The molecule has 2 heterocycles. The van der Waals surface area contributed by atoms with Crippen LogP contribution < -0.4 is 19.6 Å². The lowest BCUT2D eigenvalue weighted by atomic mass is 9.96. The summed E-state index contributed by atoms with van der Waals surface area (Å²) in [6.07, 6.45) is 1.55. The predicted octanol–water partition coefficient (Wildman–Crippen LogP) is 2.24. The van der Waals surface area contributed by atoms with Crippen LogP contribution in [0.2, 0.25) is 0 Å². The van der Waals surface area contributed by atoms with Crippen molar-refractivity contribution in [2.24, 2.45) is 4.99 Å². The summed E-state index contributed by atoms with van der Waals surface area (Å²) in [4.78, 5) is 52.9. The average molecular weight is 493 g/mol. The van der Waals surface area contributed by atoms with Crippen molar-refractivity contribution in [3.8, 4) is 5.75 Å². The van der Waals surface area contributed by atoms with Gasteiger partial charge in [-0.25, -0.2) is 9.79 Å². The molecule has 35 heavy (non-hydrogen) atoms. The normalized spacial score (nSPS) is 15.3. The molecular weight excluding hydrogens is 474 g/mol. The number of non-ortho nitro benzene ring substituents is 1. The van der Waals surface area contributed by atoms with E-state index in [0.29, 0.717) is 31.9 Å². The molecule has 11 heteroatoms. The molecule has 0 bridgehead atoms. The van der Waals surface area contributed by atoms with Crippen LogP contribution in [0.4, 0.5) is 5.69 Å². The van der Waals surface area contributed by atoms with Crippen LogP contribution in [0.3, 0.4) is 0 Å². The fourth-order valence-electron chi connectivity index (χ4n) is 3.77. The summed E-state index contributed by atoms with van der Waals surface area (Å²) in [5.41, 5.74) is 1.15. The number of benzene rings is 2. The van der Waals surface area contributed by atoms with Crippen LogP contribution in [0.1, 0.15) is 31.0 Å². The van der Waals surface area contributed by atoms with Gasteiger partial charge in [-0.15, -0.1) is 0 Å². The Bertz CT molecular complexity index is 1570. The van der Waals surface area contributed by atoms with Gasteiger partial charge < -0.3 is 9.47 Å². The number of carbonyl (C=O) groups excluding carboxylic acids is 2. The minimum absolute atomic E-state index is 0.0962. The molecule has 0 N–H and O–H groups in total. The molecule has 1 aliphatic rings. The lowest BCUT2D eigenvalue weighted by Crippen LogP contribution is -2.39. The van der Waals surface area contributed by atoms with E-state index in [0.717, 1.165) is 11.3 Å². The fraction of sp³-hybridized carbons (Fsp3) is 0.167. The van der Waals surface area contributed by atoms with Gasteiger partial charge >= 0.3 is 11.9 Å². The minimum atomic E-state index is -0.836. The molecule has 2 aromatic carbocycles. The molecular formula is C24H19N3O7S. The number of aromatic nitrogens is 1. The molecule has 1 aromatic heterocycles. The van der Waals surface area contributed by atoms with Crippen molar-refractivity contribution in [3.05, 3.63) is 101 Å². The standard InChI is InChI=1S/C24H19N3O7S/c1-13-20(23(30)33-3)21(16-7-9-18(10-8-16)34-14(2)28)26-22(29)19(35-24(26)25-13)12-15-5-4-6-17(11-15)27(31)32/h4-12,21H,1-3H3/b19-12+/t21-/m1/s1. The minimum Gasteiger partial charge on any atom is -0.466 e. The van der Waals surface area contributed by atoms with E-state index < -0.39 is 28.5 Å². The van der Waals surface area contributed by atoms with Crippen molar-refractivity contribution in [2.45, 2.75) is 19.9 Å². The lowest BCUT2D eigenvalue weighted by Gasteiger charge is -2.24. The molecule has 0 radical (unpaired) electrons. The first-order valence-corrected chi connectivity index (χ1v) is 11.1. The summed E-state index contributed by atoms with van der Waals surface area (Å²) < 4.78 is 11.7. The number of ether oxygens (including phenoxy) is 2.